The van der Waals surface area contributed by atoms with Crippen molar-refractivity contribution in [3.63, 3.8) is 0 Å². The van der Waals surface area contributed by atoms with E-state index in [0.29, 0.717) is 45.4 Å². The highest BCUT2D eigenvalue weighted by Gasteiger charge is 2.34. The number of aryl methyl sites for hydroxylation is 4. The minimum absolute atomic E-state index is 0.243. The summed E-state index contributed by atoms with van der Waals surface area (Å²) in [6.07, 6.45) is 0. The predicted molar refractivity (Wildman–Crippen MR) is 179 cm³/mol. The van der Waals surface area contributed by atoms with Gasteiger partial charge in [-0.1, -0.05) is 37.4 Å². The van der Waals surface area contributed by atoms with Crippen molar-refractivity contribution < 1.29 is 28.7 Å². The van der Waals surface area contributed by atoms with Gasteiger partial charge in [-0.2, -0.15) is 0 Å². The Hall–Kier alpha value is -5.76. The van der Waals surface area contributed by atoms with Crippen LogP contribution in [0.2, 0.25) is 0 Å². The normalized spacial score (nSPS) is 11.7. The third kappa shape index (κ3) is 5.97. The lowest BCUT2D eigenvalue weighted by molar-refractivity contribution is -0.130. The zero-order valence-electron chi connectivity index (χ0n) is 26.6. The fraction of sp³-hybridized carbons (Fsp3) is 0.158. The number of nitrogens with one attached hydrogen (secondary N) is 2. The van der Waals surface area contributed by atoms with E-state index in [1.165, 1.54) is 0 Å². The average Bonchev–Trinajstić information content (AvgIpc) is 2.99. The van der Waals surface area contributed by atoms with Crippen molar-refractivity contribution in [2.75, 3.05) is 10.6 Å². The summed E-state index contributed by atoms with van der Waals surface area (Å²) in [7, 11) is 0. The molecule has 1 aliphatic carbocycles. The van der Waals surface area contributed by atoms with Crippen LogP contribution in [0.15, 0.2) is 85.0 Å². The number of ether oxygens (including phenoxy) is 2. The topological polar surface area (TPSA) is 111 Å². The average molecular weight is 615 g/mol. The van der Waals surface area contributed by atoms with Crippen LogP contribution in [0.3, 0.4) is 0 Å². The molecule has 0 aliphatic heterocycles. The van der Waals surface area contributed by atoms with Crippen molar-refractivity contribution >= 4 is 46.3 Å². The summed E-state index contributed by atoms with van der Waals surface area (Å²) < 4.78 is 10.9. The zero-order chi connectivity index (χ0) is 33.4. The Morgan fingerprint density at radius 2 is 0.913 bits per heavy atom. The first-order valence-electron chi connectivity index (χ1n) is 14.6. The van der Waals surface area contributed by atoms with E-state index in [1.807, 2.05) is 27.7 Å². The molecule has 8 heteroatoms. The summed E-state index contributed by atoms with van der Waals surface area (Å²) in [5.74, 6) is -0.855. The number of benzene rings is 4. The van der Waals surface area contributed by atoms with Gasteiger partial charge < -0.3 is 20.1 Å². The molecule has 0 atom stereocenters. The monoisotopic (exact) mass is 614 g/mol. The fourth-order valence-corrected chi connectivity index (χ4v) is 5.45. The van der Waals surface area contributed by atoms with E-state index in [0.717, 1.165) is 22.3 Å². The Morgan fingerprint density at radius 3 is 1.22 bits per heavy atom. The zero-order valence-corrected chi connectivity index (χ0v) is 26.6. The highest BCUT2D eigenvalue weighted by atomic mass is 16.5. The second-order valence-electron chi connectivity index (χ2n) is 11.6. The van der Waals surface area contributed by atoms with Crippen molar-refractivity contribution in [3.05, 3.63) is 129 Å². The van der Waals surface area contributed by atoms with E-state index in [4.69, 9.17) is 9.47 Å². The Bertz CT molecular complexity index is 1830. The summed E-state index contributed by atoms with van der Waals surface area (Å²) in [5.41, 5.74) is 7.14. The maximum Gasteiger partial charge on any atom is 0.338 e. The first-order chi connectivity index (χ1) is 21.8. The summed E-state index contributed by atoms with van der Waals surface area (Å²) >= 11 is 0. The van der Waals surface area contributed by atoms with Gasteiger partial charge in [-0.15, -0.1) is 0 Å². The largest absolute Gasteiger partial charge is 0.423 e. The van der Waals surface area contributed by atoms with Crippen LogP contribution in [0.4, 0.5) is 22.7 Å². The van der Waals surface area contributed by atoms with Gasteiger partial charge in [0.15, 0.2) is 11.6 Å². The summed E-state index contributed by atoms with van der Waals surface area (Å²) in [5, 5.41) is 6.78. The summed E-state index contributed by atoms with van der Waals surface area (Å²) in [6.45, 7) is 17.9. The lowest BCUT2D eigenvalue weighted by Crippen LogP contribution is -2.23. The fourth-order valence-electron chi connectivity index (χ4n) is 5.45. The number of fused-ring (bicyclic) bond motifs is 2. The predicted octanol–water partition coefficient (Wildman–Crippen LogP) is 8.15. The van der Waals surface area contributed by atoms with Gasteiger partial charge in [0.05, 0.1) is 22.5 Å². The van der Waals surface area contributed by atoms with Crippen molar-refractivity contribution in [3.8, 4) is 11.5 Å². The van der Waals surface area contributed by atoms with Gasteiger partial charge in [0, 0.05) is 33.6 Å². The first-order valence-corrected chi connectivity index (χ1v) is 14.6. The van der Waals surface area contributed by atoms with Crippen molar-refractivity contribution in [1.82, 2.24) is 0 Å². The number of hydrogen-bond acceptors (Lipinski definition) is 8. The maximum absolute atomic E-state index is 14.1. The lowest BCUT2D eigenvalue weighted by Gasteiger charge is -2.25. The van der Waals surface area contributed by atoms with E-state index in [1.54, 1.807) is 74.5 Å². The van der Waals surface area contributed by atoms with Crippen LogP contribution in [0, 0.1) is 27.7 Å². The van der Waals surface area contributed by atoms with Gasteiger partial charge in [-0.25, -0.2) is 9.59 Å². The summed E-state index contributed by atoms with van der Waals surface area (Å²) in [4.78, 5) is 52.3. The highest BCUT2D eigenvalue weighted by molar-refractivity contribution is 6.32. The number of carbonyl (C=O) groups excluding carboxylic acids is 4. The van der Waals surface area contributed by atoms with E-state index >= 15 is 0 Å². The molecule has 0 radical (unpaired) electrons. The number of carbonyl (C=O) groups is 4. The maximum atomic E-state index is 14.1. The molecule has 0 unspecified atom stereocenters. The summed E-state index contributed by atoms with van der Waals surface area (Å²) in [6, 6.07) is 17.2. The van der Waals surface area contributed by atoms with Crippen LogP contribution in [0.25, 0.3) is 0 Å². The minimum Gasteiger partial charge on any atom is -0.423 e. The van der Waals surface area contributed by atoms with E-state index in [9.17, 15) is 19.2 Å². The lowest BCUT2D eigenvalue weighted by atomic mass is 9.82. The number of hydrogen-bond donors (Lipinski definition) is 2. The smallest absolute Gasteiger partial charge is 0.338 e. The van der Waals surface area contributed by atoms with Gasteiger partial charge in [0.1, 0.15) is 11.5 Å². The molecule has 46 heavy (non-hydrogen) atoms. The SMILES string of the molecule is C=C(C)C(=O)Oc1cc(C)c(Nc2ccc(Nc3c(C)cc(OC(=O)C(=C)C)cc3C)c3c2C(=O)c2ccccc2C3=O)c(C)c1. The van der Waals surface area contributed by atoms with Gasteiger partial charge in [0.25, 0.3) is 0 Å². The number of rotatable bonds is 8. The molecule has 0 amide bonds. The Balaban J connectivity index is 1.59. The molecule has 8 nitrogen and oxygen atoms in total. The van der Waals surface area contributed by atoms with Gasteiger partial charge >= 0.3 is 11.9 Å². The van der Waals surface area contributed by atoms with Crippen LogP contribution in [0.1, 0.15) is 67.9 Å². The molecule has 4 aromatic carbocycles. The molecular weight excluding hydrogens is 580 g/mol. The van der Waals surface area contributed by atoms with Crippen LogP contribution >= 0.6 is 0 Å². The highest BCUT2D eigenvalue weighted by Crippen LogP contribution is 2.41. The molecule has 0 fully saturated rings. The second-order valence-corrected chi connectivity index (χ2v) is 11.6. The van der Waals surface area contributed by atoms with E-state index in [2.05, 4.69) is 23.8 Å². The second kappa shape index (κ2) is 12.3. The molecule has 0 saturated heterocycles. The quantitative estimate of drug-likeness (QED) is 0.102. The van der Waals surface area contributed by atoms with Crippen molar-refractivity contribution in [2.45, 2.75) is 41.5 Å². The van der Waals surface area contributed by atoms with Gasteiger partial charge in [-0.3, -0.25) is 9.59 Å². The van der Waals surface area contributed by atoms with E-state index < -0.39 is 11.9 Å². The minimum atomic E-state index is -0.521. The van der Waals surface area contributed by atoms with Crippen LogP contribution in [-0.4, -0.2) is 23.5 Å². The van der Waals surface area contributed by atoms with Crippen molar-refractivity contribution in [1.29, 1.82) is 0 Å². The Labute approximate surface area is 267 Å². The molecule has 232 valence electrons. The van der Waals surface area contributed by atoms with Gasteiger partial charge in [-0.05, 0) is 100 Å². The molecule has 0 aromatic heterocycles. The molecule has 0 saturated carbocycles. The van der Waals surface area contributed by atoms with Gasteiger partial charge in [0.2, 0.25) is 0 Å². The molecule has 0 heterocycles. The molecule has 2 N–H and O–H groups in total. The molecule has 4 aromatic rings. The number of anilines is 4. The molecule has 0 bridgehead atoms. The third-order valence-corrected chi connectivity index (χ3v) is 7.73. The number of esters is 2. The molecule has 5 rings (SSSR count). The standard InChI is InChI=1S/C38H34N2O6/c1-19(2)37(43)45-25-15-21(5)33(22(6)16-25)39-29-13-14-30(32-31(29)35(41)27-11-9-10-12-28(27)36(32)42)40-34-23(7)17-26(18-24(34)8)46-38(44)20(3)4/h9-18,39-40H,1,3H2,2,4-8H3. The Morgan fingerprint density at radius 1 is 0.587 bits per heavy atom. The molecule has 0 spiro atoms. The van der Waals surface area contributed by atoms with Crippen LogP contribution in [0.5, 0.6) is 11.5 Å². The Kier molecular flexibility index (Phi) is 8.48. The van der Waals surface area contributed by atoms with E-state index in [-0.39, 0.29) is 33.8 Å². The third-order valence-electron chi connectivity index (χ3n) is 7.73. The van der Waals surface area contributed by atoms with Crippen LogP contribution in [-0.2, 0) is 9.59 Å². The van der Waals surface area contributed by atoms with Crippen molar-refractivity contribution in [2.24, 2.45) is 0 Å². The first kappa shape index (κ1) is 31.7. The van der Waals surface area contributed by atoms with Crippen LogP contribution < -0.4 is 20.1 Å². The number of ketones is 2. The molecular formula is C38H34N2O6. The molecule has 1 aliphatic rings.